The van der Waals surface area contributed by atoms with Gasteiger partial charge in [-0.3, -0.25) is 16.3 Å². The Labute approximate surface area is 122 Å². The minimum absolute atomic E-state index is 0.0937. The van der Waals surface area contributed by atoms with Crippen LogP contribution >= 0.6 is 11.3 Å². The monoisotopic (exact) mass is 283 g/mol. The molecule has 1 unspecified atom stereocenters. The van der Waals surface area contributed by atoms with Gasteiger partial charge in [0.1, 0.15) is 0 Å². The van der Waals surface area contributed by atoms with E-state index in [0.717, 1.165) is 23.0 Å². The Morgan fingerprint density at radius 1 is 1.30 bits per heavy atom. The first kappa shape index (κ1) is 13.2. The lowest BCUT2D eigenvalue weighted by Gasteiger charge is -2.18. The van der Waals surface area contributed by atoms with Gasteiger partial charge in [0.05, 0.1) is 11.6 Å². The number of thiophene rings is 1. The van der Waals surface area contributed by atoms with Gasteiger partial charge in [0.2, 0.25) is 0 Å². The fourth-order valence-electron chi connectivity index (χ4n) is 2.53. The summed E-state index contributed by atoms with van der Waals surface area (Å²) in [5.74, 6) is 5.80. The van der Waals surface area contributed by atoms with Crippen LogP contribution in [0.1, 0.15) is 22.9 Å². The van der Waals surface area contributed by atoms with Crippen molar-refractivity contribution < 1.29 is 0 Å². The van der Waals surface area contributed by atoms with Crippen LogP contribution in [0.2, 0.25) is 0 Å². The van der Waals surface area contributed by atoms with Crippen LogP contribution in [-0.2, 0) is 6.42 Å². The molecule has 0 radical (unpaired) electrons. The molecule has 20 heavy (non-hydrogen) atoms. The molecule has 0 bridgehead atoms. The first-order chi connectivity index (χ1) is 9.78. The largest absolute Gasteiger partial charge is 0.271 e. The third-order valence-corrected chi connectivity index (χ3v) is 4.20. The van der Waals surface area contributed by atoms with E-state index < -0.39 is 0 Å². The van der Waals surface area contributed by atoms with Crippen molar-refractivity contribution >= 4 is 22.2 Å². The highest BCUT2D eigenvalue weighted by molar-refractivity contribution is 7.07. The number of para-hydroxylation sites is 1. The second-order valence-corrected chi connectivity index (χ2v) is 5.71. The highest BCUT2D eigenvalue weighted by Gasteiger charge is 2.15. The zero-order valence-electron chi connectivity index (χ0n) is 11.3. The Morgan fingerprint density at radius 2 is 2.15 bits per heavy atom. The first-order valence-corrected chi connectivity index (χ1v) is 7.55. The van der Waals surface area contributed by atoms with Crippen LogP contribution in [0.25, 0.3) is 10.9 Å². The zero-order chi connectivity index (χ0) is 13.9. The Hall–Kier alpha value is -1.75. The number of nitrogens with two attached hydrogens (primary N) is 1. The molecule has 0 aliphatic carbocycles. The lowest BCUT2D eigenvalue weighted by atomic mass is 9.97. The summed E-state index contributed by atoms with van der Waals surface area (Å²) in [4.78, 5) is 4.58. The molecule has 0 aliphatic heterocycles. The van der Waals surface area contributed by atoms with E-state index in [4.69, 9.17) is 5.84 Å². The predicted octanol–water partition coefficient (Wildman–Crippen LogP) is 3.35. The number of hydrogen-bond donors (Lipinski definition) is 2. The van der Waals surface area contributed by atoms with Crippen LogP contribution in [0, 0.1) is 6.92 Å². The highest BCUT2D eigenvalue weighted by Crippen LogP contribution is 2.26. The fourth-order valence-corrected chi connectivity index (χ4v) is 3.21. The molecule has 1 atom stereocenters. The van der Waals surface area contributed by atoms with Gasteiger partial charge in [-0.2, -0.15) is 11.3 Å². The van der Waals surface area contributed by atoms with E-state index in [1.54, 1.807) is 11.3 Å². The third-order valence-electron chi connectivity index (χ3n) is 3.47. The van der Waals surface area contributed by atoms with Gasteiger partial charge in [-0.05, 0) is 53.4 Å². The van der Waals surface area contributed by atoms with E-state index in [-0.39, 0.29) is 6.04 Å². The van der Waals surface area contributed by atoms with E-state index in [1.807, 2.05) is 25.1 Å². The molecule has 0 fully saturated rings. The minimum atomic E-state index is 0.0937. The molecule has 0 amide bonds. The molecule has 1 aromatic carbocycles. The van der Waals surface area contributed by atoms with Crippen molar-refractivity contribution in [3.63, 3.8) is 0 Å². The Morgan fingerprint density at radius 3 is 2.90 bits per heavy atom. The summed E-state index contributed by atoms with van der Waals surface area (Å²) in [5.41, 5.74) is 7.50. The van der Waals surface area contributed by atoms with E-state index in [1.165, 1.54) is 11.1 Å². The van der Waals surface area contributed by atoms with Gasteiger partial charge in [-0.25, -0.2) is 0 Å². The van der Waals surface area contributed by atoms with Crippen molar-refractivity contribution in [2.24, 2.45) is 5.84 Å². The molecule has 3 aromatic rings. The molecule has 0 aliphatic rings. The van der Waals surface area contributed by atoms with Crippen LogP contribution in [0.4, 0.5) is 0 Å². The van der Waals surface area contributed by atoms with Crippen molar-refractivity contribution in [2.75, 3.05) is 0 Å². The molecule has 0 spiro atoms. The lowest BCUT2D eigenvalue weighted by Crippen LogP contribution is -2.29. The number of aryl methyl sites for hydroxylation is 1. The van der Waals surface area contributed by atoms with Gasteiger partial charge in [0.25, 0.3) is 0 Å². The number of pyridine rings is 1. The van der Waals surface area contributed by atoms with Crippen molar-refractivity contribution in [1.29, 1.82) is 0 Å². The van der Waals surface area contributed by atoms with Gasteiger partial charge >= 0.3 is 0 Å². The quantitative estimate of drug-likeness (QED) is 0.570. The van der Waals surface area contributed by atoms with E-state index in [2.05, 4.69) is 39.4 Å². The second-order valence-electron chi connectivity index (χ2n) is 4.92. The lowest BCUT2D eigenvalue weighted by molar-refractivity contribution is 0.555. The molecular formula is C16H17N3S. The molecule has 3 rings (SSSR count). The molecule has 2 aromatic heterocycles. The van der Waals surface area contributed by atoms with Crippen molar-refractivity contribution in [2.45, 2.75) is 19.4 Å². The number of rotatable bonds is 4. The van der Waals surface area contributed by atoms with Gasteiger partial charge in [0, 0.05) is 11.1 Å². The molecular weight excluding hydrogens is 266 g/mol. The topological polar surface area (TPSA) is 50.9 Å². The number of hydrazine groups is 1. The van der Waals surface area contributed by atoms with Gasteiger partial charge < -0.3 is 0 Å². The summed E-state index contributed by atoms with van der Waals surface area (Å²) < 4.78 is 0. The molecule has 4 heteroatoms. The number of aromatic nitrogens is 1. The molecule has 2 heterocycles. The average molecular weight is 283 g/mol. The maximum atomic E-state index is 5.80. The SMILES string of the molecule is Cc1cc(C(Cc2ccsc2)NN)c2ccccc2n1. The first-order valence-electron chi connectivity index (χ1n) is 6.61. The van der Waals surface area contributed by atoms with E-state index in [9.17, 15) is 0 Å². The van der Waals surface area contributed by atoms with E-state index in [0.29, 0.717) is 0 Å². The molecule has 102 valence electrons. The smallest absolute Gasteiger partial charge is 0.0708 e. The fraction of sp³-hybridized carbons (Fsp3) is 0.188. The average Bonchev–Trinajstić information content (AvgIpc) is 2.97. The highest BCUT2D eigenvalue weighted by atomic mass is 32.1. The number of nitrogens with one attached hydrogen (secondary N) is 1. The maximum Gasteiger partial charge on any atom is 0.0708 e. The van der Waals surface area contributed by atoms with Gasteiger partial charge in [-0.15, -0.1) is 0 Å². The summed E-state index contributed by atoms with van der Waals surface area (Å²) in [6.07, 6.45) is 0.882. The normalized spacial score (nSPS) is 12.7. The number of fused-ring (bicyclic) bond motifs is 1. The van der Waals surface area contributed by atoms with Crippen molar-refractivity contribution in [3.8, 4) is 0 Å². The third kappa shape index (κ3) is 2.58. The van der Waals surface area contributed by atoms with Gasteiger partial charge in [0.15, 0.2) is 0 Å². The zero-order valence-corrected chi connectivity index (χ0v) is 12.2. The van der Waals surface area contributed by atoms with Crippen LogP contribution in [0.3, 0.4) is 0 Å². The Bertz CT molecular complexity index is 707. The Balaban J connectivity index is 2.06. The van der Waals surface area contributed by atoms with E-state index >= 15 is 0 Å². The molecule has 0 saturated carbocycles. The summed E-state index contributed by atoms with van der Waals surface area (Å²) in [5, 5.41) is 5.43. The second kappa shape index (κ2) is 5.71. The van der Waals surface area contributed by atoms with Crippen molar-refractivity contribution in [1.82, 2.24) is 10.4 Å². The molecule has 3 N–H and O–H groups in total. The summed E-state index contributed by atoms with van der Waals surface area (Å²) in [6.45, 7) is 2.02. The van der Waals surface area contributed by atoms with Crippen molar-refractivity contribution in [3.05, 3.63) is 64.0 Å². The number of nitrogens with zero attached hydrogens (tertiary/aromatic N) is 1. The van der Waals surface area contributed by atoms with Crippen LogP contribution in [0.5, 0.6) is 0 Å². The maximum absolute atomic E-state index is 5.80. The van der Waals surface area contributed by atoms with Crippen LogP contribution < -0.4 is 11.3 Å². The number of benzene rings is 1. The standard InChI is InChI=1S/C16H17N3S/c1-11-8-14(13-4-2-3-5-15(13)18-11)16(19-17)9-12-6-7-20-10-12/h2-8,10,16,19H,9,17H2,1H3. The Kier molecular flexibility index (Phi) is 3.78. The predicted molar refractivity (Wildman–Crippen MR) is 84.6 cm³/mol. The van der Waals surface area contributed by atoms with Gasteiger partial charge in [-0.1, -0.05) is 18.2 Å². The summed E-state index contributed by atoms with van der Waals surface area (Å²) in [7, 11) is 0. The minimum Gasteiger partial charge on any atom is -0.271 e. The summed E-state index contributed by atoms with van der Waals surface area (Å²) >= 11 is 1.71. The van der Waals surface area contributed by atoms with Crippen LogP contribution in [0.15, 0.2) is 47.2 Å². The van der Waals surface area contributed by atoms with Crippen LogP contribution in [-0.4, -0.2) is 4.98 Å². The number of hydrogen-bond acceptors (Lipinski definition) is 4. The molecule has 3 nitrogen and oxygen atoms in total. The molecule has 0 saturated heterocycles. The summed E-state index contributed by atoms with van der Waals surface area (Å²) in [6, 6.07) is 12.6.